The molecule has 0 fully saturated rings. The molecule has 0 saturated carbocycles. The lowest BCUT2D eigenvalue weighted by molar-refractivity contribution is 0.174. The maximum absolute atomic E-state index is 5.37. The first-order valence-corrected chi connectivity index (χ1v) is 6.30. The van der Waals surface area contributed by atoms with E-state index in [1.54, 1.807) is 0 Å². The number of hydrogen-bond acceptors (Lipinski definition) is 3. The van der Waals surface area contributed by atoms with Crippen LogP contribution in [0.2, 0.25) is 0 Å². The summed E-state index contributed by atoms with van der Waals surface area (Å²) in [5, 5.41) is 3.61. The molecule has 0 aromatic heterocycles. The Morgan fingerprint density at radius 3 is 2.59 bits per heavy atom. The van der Waals surface area contributed by atoms with Crippen LogP contribution in [0.3, 0.4) is 0 Å². The van der Waals surface area contributed by atoms with Crippen LogP contribution in [0.4, 0.5) is 0 Å². The lowest BCUT2D eigenvalue weighted by Gasteiger charge is -2.28. The van der Waals surface area contributed by atoms with E-state index in [1.165, 1.54) is 5.56 Å². The van der Waals surface area contributed by atoms with Crippen molar-refractivity contribution in [3.63, 3.8) is 0 Å². The van der Waals surface area contributed by atoms with E-state index in [0.717, 1.165) is 30.9 Å². The molecular weight excluding hydrogens is 214 g/mol. The summed E-state index contributed by atoms with van der Waals surface area (Å²) in [4.78, 5) is 0. The SMILES string of the molecule is CCC(C)(CC)NCc1ccc2c(c1)OCO2. The van der Waals surface area contributed by atoms with Gasteiger partial charge in [-0.1, -0.05) is 19.9 Å². The zero-order chi connectivity index (χ0) is 12.3. The fourth-order valence-corrected chi connectivity index (χ4v) is 1.87. The van der Waals surface area contributed by atoms with E-state index < -0.39 is 0 Å². The third-order valence-corrected chi connectivity index (χ3v) is 3.72. The maximum Gasteiger partial charge on any atom is 0.231 e. The van der Waals surface area contributed by atoms with Gasteiger partial charge in [-0.25, -0.2) is 0 Å². The summed E-state index contributed by atoms with van der Waals surface area (Å²) in [6.07, 6.45) is 2.27. The number of ether oxygens (including phenoxy) is 2. The summed E-state index contributed by atoms with van der Waals surface area (Å²) in [6, 6.07) is 6.13. The first-order chi connectivity index (χ1) is 8.17. The zero-order valence-corrected chi connectivity index (χ0v) is 10.9. The molecule has 0 aliphatic carbocycles. The van der Waals surface area contributed by atoms with Gasteiger partial charge in [0, 0.05) is 12.1 Å². The van der Waals surface area contributed by atoms with E-state index in [9.17, 15) is 0 Å². The molecule has 0 radical (unpaired) electrons. The third-order valence-electron chi connectivity index (χ3n) is 3.72. The summed E-state index contributed by atoms with van der Waals surface area (Å²) in [5.41, 5.74) is 1.46. The van der Waals surface area contributed by atoms with Crippen LogP contribution in [0.5, 0.6) is 11.5 Å². The summed E-state index contributed by atoms with van der Waals surface area (Å²) < 4.78 is 10.7. The van der Waals surface area contributed by atoms with Crippen LogP contribution in [0.1, 0.15) is 39.2 Å². The van der Waals surface area contributed by atoms with Gasteiger partial charge in [0.2, 0.25) is 6.79 Å². The van der Waals surface area contributed by atoms with E-state index in [1.807, 2.05) is 6.07 Å². The van der Waals surface area contributed by atoms with Gasteiger partial charge in [0.15, 0.2) is 11.5 Å². The van der Waals surface area contributed by atoms with Crippen molar-refractivity contribution in [2.24, 2.45) is 0 Å². The van der Waals surface area contributed by atoms with Gasteiger partial charge in [0.05, 0.1) is 0 Å². The molecular formula is C14H21NO2. The van der Waals surface area contributed by atoms with Gasteiger partial charge in [-0.05, 0) is 37.5 Å². The molecule has 0 unspecified atom stereocenters. The minimum absolute atomic E-state index is 0.219. The number of benzene rings is 1. The molecule has 1 aliphatic rings. The van der Waals surface area contributed by atoms with Crippen LogP contribution in [-0.4, -0.2) is 12.3 Å². The van der Waals surface area contributed by atoms with Crippen LogP contribution >= 0.6 is 0 Å². The Bertz CT molecular complexity index is 386. The highest BCUT2D eigenvalue weighted by molar-refractivity contribution is 5.44. The predicted octanol–water partition coefficient (Wildman–Crippen LogP) is 3.08. The Balaban J connectivity index is 2.00. The Kier molecular flexibility index (Phi) is 3.57. The van der Waals surface area contributed by atoms with Gasteiger partial charge >= 0.3 is 0 Å². The van der Waals surface area contributed by atoms with Crippen molar-refractivity contribution in [3.05, 3.63) is 23.8 Å². The first kappa shape index (κ1) is 12.2. The van der Waals surface area contributed by atoms with E-state index in [0.29, 0.717) is 6.79 Å². The van der Waals surface area contributed by atoms with E-state index in [4.69, 9.17) is 9.47 Å². The van der Waals surface area contributed by atoms with Crippen molar-refractivity contribution in [2.45, 2.75) is 45.7 Å². The minimum Gasteiger partial charge on any atom is -0.454 e. The van der Waals surface area contributed by atoms with E-state index in [2.05, 4.69) is 38.2 Å². The molecule has 0 spiro atoms. The fraction of sp³-hybridized carbons (Fsp3) is 0.571. The Morgan fingerprint density at radius 2 is 1.88 bits per heavy atom. The summed E-state index contributed by atoms with van der Waals surface area (Å²) >= 11 is 0. The monoisotopic (exact) mass is 235 g/mol. The molecule has 0 amide bonds. The van der Waals surface area contributed by atoms with Crippen LogP contribution in [-0.2, 0) is 6.54 Å². The van der Waals surface area contributed by atoms with Crippen molar-refractivity contribution in [3.8, 4) is 11.5 Å². The van der Waals surface area contributed by atoms with Gasteiger partial charge in [-0.15, -0.1) is 0 Å². The largest absolute Gasteiger partial charge is 0.454 e. The molecule has 17 heavy (non-hydrogen) atoms. The third kappa shape index (κ3) is 2.72. The van der Waals surface area contributed by atoms with Gasteiger partial charge in [-0.2, -0.15) is 0 Å². The highest BCUT2D eigenvalue weighted by atomic mass is 16.7. The van der Waals surface area contributed by atoms with Crippen LogP contribution in [0.15, 0.2) is 18.2 Å². The molecule has 1 heterocycles. The lowest BCUT2D eigenvalue weighted by atomic mass is 9.95. The fourth-order valence-electron chi connectivity index (χ4n) is 1.87. The summed E-state index contributed by atoms with van der Waals surface area (Å²) in [7, 11) is 0. The highest BCUT2D eigenvalue weighted by Crippen LogP contribution is 2.32. The van der Waals surface area contributed by atoms with Gasteiger partial charge in [0.1, 0.15) is 0 Å². The molecule has 2 rings (SSSR count). The van der Waals surface area contributed by atoms with E-state index >= 15 is 0 Å². The summed E-state index contributed by atoms with van der Waals surface area (Å²) in [6.45, 7) is 7.91. The lowest BCUT2D eigenvalue weighted by Crippen LogP contribution is -2.40. The van der Waals surface area contributed by atoms with Crippen molar-refractivity contribution in [1.82, 2.24) is 5.32 Å². The number of fused-ring (bicyclic) bond motifs is 1. The Morgan fingerprint density at radius 1 is 1.18 bits per heavy atom. The average molecular weight is 235 g/mol. The molecule has 1 aromatic carbocycles. The number of hydrogen-bond donors (Lipinski definition) is 1. The number of rotatable bonds is 5. The molecule has 0 atom stereocenters. The molecule has 0 bridgehead atoms. The first-order valence-electron chi connectivity index (χ1n) is 6.30. The normalized spacial score (nSPS) is 14.1. The molecule has 1 aromatic rings. The summed E-state index contributed by atoms with van der Waals surface area (Å²) in [5.74, 6) is 1.71. The van der Waals surface area contributed by atoms with Crippen LogP contribution in [0, 0.1) is 0 Å². The second-order valence-electron chi connectivity index (χ2n) is 4.81. The second kappa shape index (κ2) is 4.96. The van der Waals surface area contributed by atoms with Crippen molar-refractivity contribution in [2.75, 3.05) is 6.79 Å². The van der Waals surface area contributed by atoms with Crippen molar-refractivity contribution < 1.29 is 9.47 Å². The minimum atomic E-state index is 0.219. The highest BCUT2D eigenvalue weighted by Gasteiger charge is 2.19. The molecule has 3 heteroatoms. The standard InChI is InChI=1S/C14H21NO2/c1-4-14(3,5-2)15-9-11-6-7-12-13(8-11)17-10-16-12/h6-8,15H,4-5,9-10H2,1-3H3. The Labute approximate surface area is 103 Å². The molecule has 1 aliphatic heterocycles. The smallest absolute Gasteiger partial charge is 0.231 e. The van der Waals surface area contributed by atoms with Gasteiger partial charge in [-0.3, -0.25) is 0 Å². The Hall–Kier alpha value is -1.22. The van der Waals surface area contributed by atoms with Gasteiger partial charge < -0.3 is 14.8 Å². The molecule has 3 nitrogen and oxygen atoms in total. The topological polar surface area (TPSA) is 30.5 Å². The average Bonchev–Trinajstić information content (AvgIpc) is 2.83. The molecule has 94 valence electrons. The van der Waals surface area contributed by atoms with Crippen molar-refractivity contribution in [1.29, 1.82) is 0 Å². The van der Waals surface area contributed by atoms with Crippen molar-refractivity contribution >= 4 is 0 Å². The molecule has 0 saturated heterocycles. The zero-order valence-electron chi connectivity index (χ0n) is 10.9. The van der Waals surface area contributed by atoms with Gasteiger partial charge in [0.25, 0.3) is 0 Å². The predicted molar refractivity (Wildman–Crippen MR) is 68.4 cm³/mol. The number of nitrogens with one attached hydrogen (secondary N) is 1. The van der Waals surface area contributed by atoms with E-state index in [-0.39, 0.29) is 5.54 Å². The van der Waals surface area contributed by atoms with Crippen LogP contribution < -0.4 is 14.8 Å². The second-order valence-corrected chi connectivity index (χ2v) is 4.81. The molecule has 1 N–H and O–H groups in total. The quantitative estimate of drug-likeness (QED) is 0.850. The maximum atomic E-state index is 5.37. The van der Waals surface area contributed by atoms with Crippen LogP contribution in [0.25, 0.3) is 0 Å².